The quantitative estimate of drug-likeness (QED) is 0.646. The summed E-state index contributed by atoms with van der Waals surface area (Å²) in [5.74, 6) is 0.505. The number of benzene rings is 1. The maximum Gasteiger partial charge on any atom is 0.254 e. The Morgan fingerprint density at radius 3 is 2.59 bits per heavy atom. The average Bonchev–Trinajstić information content (AvgIpc) is 3.45. The van der Waals surface area contributed by atoms with Crippen LogP contribution in [0.3, 0.4) is 0 Å². The van der Waals surface area contributed by atoms with Gasteiger partial charge in [0, 0.05) is 24.8 Å². The standard InChI is InChI=1S/C23H30N2O4/c1-3-18(2)25(23(27)19-9-5-4-6-10-19)17-22(26)24(15-20-11-7-13-28-20)16-21-12-8-14-29-21/h4-7,9-11,13,18,21H,3,8,12,14-17H2,1-2H3/t18-,21-/m1/s1. The summed E-state index contributed by atoms with van der Waals surface area (Å²) in [5.41, 5.74) is 0.595. The van der Waals surface area contributed by atoms with Crippen molar-refractivity contribution < 1.29 is 18.7 Å². The number of furan rings is 1. The highest BCUT2D eigenvalue weighted by Gasteiger charge is 2.28. The molecule has 2 amide bonds. The molecule has 2 aromatic rings. The molecule has 0 N–H and O–H groups in total. The van der Waals surface area contributed by atoms with Gasteiger partial charge in [0.05, 0.1) is 18.9 Å². The van der Waals surface area contributed by atoms with Gasteiger partial charge in [-0.25, -0.2) is 0 Å². The number of amides is 2. The third-order valence-electron chi connectivity index (χ3n) is 5.44. The van der Waals surface area contributed by atoms with Gasteiger partial charge in [-0.2, -0.15) is 0 Å². The van der Waals surface area contributed by atoms with E-state index in [0.717, 1.165) is 31.6 Å². The summed E-state index contributed by atoms with van der Waals surface area (Å²) in [6.45, 7) is 5.65. The van der Waals surface area contributed by atoms with E-state index in [0.29, 0.717) is 18.7 Å². The van der Waals surface area contributed by atoms with Gasteiger partial charge in [0.25, 0.3) is 5.91 Å². The molecule has 156 valence electrons. The summed E-state index contributed by atoms with van der Waals surface area (Å²) in [6, 6.07) is 12.8. The first-order chi connectivity index (χ1) is 14.1. The molecule has 1 saturated heterocycles. The third kappa shape index (κ3) is 5.70. The third-order valence-corrected chi connectivity index (χ3v) is 5.44. The van der Waals surface area contributed by atoms with Crippen molar-refractivity contribution in [2.45, 2.75) is 51.8 Å². The lowest BCUT2D eigenvalue weighted by Gasteiger charge is -2.32. The van der Waals surface area contributed by atoms with Crippen LogP contribution in [-0.4, -0.2) is 53.5 Å². The van der Waals surface area contributed by atoms with Crippen LogP contribution in [0.1, 0.15) is 49.2 Å². The van der Waals surface area contributed by atoms with Gasteiger partial charge in [-0.3, -0.25) is 9.59 Å². The number of carbonyl (C=O) groups excluding carboxylic acids is 2. The fraction of sp³-hybridized carbons (Fsp3) is 0.478. The van der Waals surface area contributed by atoms with E-state index >= 15 is 0 Å². The summed E-state index contributed by atoms with van der Waals surface area (Å²) in [6.07, 6.45) is 4.37. The Labute approximate surface area is 172 Å². The fourth-order valence-electron chi connectivity index (χ4n) is 3.52. The molecule has 6 nitrogen and oxygen atoms in total. The molecule has 1 aliphatic rings. The number of carbonyl (C=O) groups is 2. The summed E-state index contributed by atoms with van der Waals surface area (Å²) in [4.78, 5) is 29.8. The second-order valence-electron chi connectivity index (χ2n) is 7.55. The van der Waals surface area contributed by atoms with Gasteiger partial charge in [0.1, 0.15) is 12.3 Å². The molecule has 2 atom stereocenters. The molecule has 29 heavy (non-hydrogen) atoms. The van der Waals surface area contributed by atoms with E-state index in [1.807, 2.05) is 44.2 Å². The zero-order valence-corrected chi connectivity index (χ0v) is 17.3. The molecule has 0 spiro atoms. The molecule has 0 radical (unpaired) electrons. The molecule has 0 aliphatic carbocycles. The van der Waals surface area contributed by atoms with Crippen LogP contribution >= 0.6 is 0 Å². The highest BCUT2D eigenvalue weighted by Crippen LogP contribution is 2.17. The van der Waals surface area contributed by atoms with E-state index in [2.05, 4.69) is 0 Å². The molecule has 6 heteroatoms. The van der Waals surface area contributed by atoms with E-state index in [9.17, 15) is 9.59 Å². The molecule has 0 saturated carbocycles. The minimum atomic E-state index is -0.122. The van der Waals surface area contributed by atoms with Gasteiger partial charge in [-0.05, 0) is 50.5 Å². The second-order valence-corrected chi connectivity index (χ2v) is 7.55. The van der Waals surface area contributed by atoms with Crippen molar-refractivity contribution in [3.05, 3.63) is 60.1 Å². The molecular formula is C23H30N2O4. The number of rotatable bonds is 9. The lowest BCUT2D eigenvalue weighted by molar-refractivity contribution is -0.134. The van der Waals surface area contributed by atoms with Crippen LogP contribution in [0.5, 0.6) is 0 Å². The van der Waals surface area contributed by atoms with Crippen LogP contribution in [-0.2, 0) is 16.1 Å². The van der Waals surface area contributed by atoms with Crippen molar-refractivity contribution in [3.63, 3.8) is 0 Å². The molecule has 0 unspecified atom stereocenters. The smallest absolute Gasteiger partial charge is 0.254 e. The van der Waals surface area contributed by atoms with Crippen LogP contribution < -0.4 is 0 Å². The van der Waals surface area contributed by atoms with Crippen molar-refractivity contribution in [1.29, 1.82) is 0 Å². The molecule has 1 aromatic heterocycles. The first-order valence-electron chi connectivity index (χ1n) is 10.4. The van der Waals surface area contributed by atoms with E-state index < -0.39 is 0 Å². The minimum absolute atomic E-state index is 0.0378. The summed E-state index contributed by atoms with van der Waals surface area (Å²) < 4.78 is 11.2. The van der Waals surface area contributed by atoms with E-state index in [1.165, 1.54) is 0 Å². The van der Waals surface area contributed by atoms with Crippen molar-refractivity contribution in [1.82, 2.24) is 9.80 Å². The van der Waals surface area contributed by atoms with Crippen molar-refractivity contribution in [2.75, 3.05) is 19.7 Å². The number of nitrogens with zero attached hydrogens (tertiary/aromatic N) is 2. The maximum absolute atomic E-state index is 13.3. The van der Waals surface area contributed by atoms with E-state index in [4.69, 9.17) is 9.15 Å². The Morgan fingerprint density at radius 1 is 1.17 bits per heavy atom. The van der Waals surface area contributed by atoms with Crippen LogP contribution in [0, 0.1) is 0 Å². The number of hydrogen-bond donors (Lipinski definition) is 0. The summed E-state index contributed by atoms with van der Waals surface area (Å²) in [5, 5.41) is 0. The Kier molecular flexibility index (Phi) is 7.47. The SMILES string of the molecule is CC[C@@H](C)N(CC(=O)N(Cc1ccco1)C[C@H]1CCCO1)C(=O)c1ccccc1. The highest BCUT2D eigenvalue weighted by molar-refractivity contribution is 5.96. The lowest BCUT2D eigenvalue weighted by Crippen LogP contribution is -2.47. The minimum Gasteiger partial charge on any atom is -0.467 e. The molecule has 2 heterocycles. The normalized spacial score (nSPS) is 17.1. The number of hydrogen-bond acceptors (Lipinski definition) is 4. The molecular weight excluding hydrogens is 368 g/mol. The first-order valence-corrected chi connectivity index (χ1v) is 10.4. The van der Waals surface area contributed by atoms with Crippen molar-refractivity contribution >= 4 is 11.8 Å². The average molecular weight is 399 g/mol. The molecule has 1 aliphatic heterocycles. The Balaban J connectivity index is 1.75. The molecule has 3 rings (SSSR count). The van der Waals surface area contributed by atoms with Gasteiger partial charge >= 0.3 is 0 Å². The van der Waals surface area contributed by atoms with Crippen LogP contribution in [0.4, 0.5) is 0 Å². The lowest BCUT2D eigenvalue weighted by atomic mass is 10.1. The molecule has 1 aromatic carbocycles. The maximum atomic E-state index is 13.3. The van der Waals surface area contributed by atoms with Crippen molar-refractivity contribution in [2.24, 2.45) is 0 Å². The predicted molar refractivity (Wildman–Crippen MR) is 110 cm³/mol. The van der Waals surface area contributed by atoms with Crippen LogP contribution in [0.15, 0.2) is 53.1 Å². The largest absolute Gasteiger partial charge is 0.467 e. The number of ether oxygens (including phenoxy) is 1. The van der Waals surface area contributed by atoms with Gasteiger partial charge in [-0.15, -0.1) is 0 Å². The monoisotopic (exact) mass is 398 g/mol. The van der Waals surface area contributed by atoms with Gasteiger partial charge in [0.2, 0.25) is 5.91 Å². The van der Waals surface area contributed by atoms with Gasteiger partial charge in [-0.1, -0.05) is 25.1 Å². The topological polar surface area (TPSA) is 63.0 Å². The Hall–Kier alpha value is -2.60. The Morgan fingerprint density at radius 2 is 1.97 bits per heavy atom. The Bertz CT molecular complexity index is 769. The van der Waals surface area contributed by atoms with E-state index in [-0.39, 0.29) is 30.5 Å². The predicted octanol–water partition coefficient (Wildman–Crippen LogP) is 3.73. The summed E-state index contributed by atoms with van der Waals surface area (Å²) >= 11 is 0. The van der Waals surface area contributed by atoms with E-state index in [1.54, 1.807) is 28.2 Å². The zero-order valence-electron chi connectivity index (χ0n) is 17.3. The molecule has 0 bridgehead atoms. The van der Waals surface area contributed by atoms with Crippen LogP contribution in [0.2, 0.25) is 0 Å². The highest BCUT2D eigenvalue weighted by atomic mass is 16.5. The van der Waals surface area contributed by atoms with Gasteiger partial charge < -0.3 is 19.0 Å². The second kappa shape index (κ2) is 10.3. The first kappa shape index (κ1) is 21.1. The van der Waals surface area contributed by atoms with Gasteiger partial charge in [0.15, 0.2) is 0 Å². The fourth-order valence-corrected chi connectivity index (χ4v) is 3.52. The zero-order chi connectivity index (χ0) is 20.6. The van der Waals surface area contributed by atoms with Crippen molar-refractivity contribution in [3.8, 4) is 0 Å². The van der Waals surface area contributed by atoms with Crippen LogP contribution in [0.25, 0.3) is 0 Å². The summed E-state index contributed by atoms with van der Waals surface area (Å²) in [7, 11) is 0. The molecule has 1 fully saturated rings.